The SMILES string of the molecule is COc1ccc(C[B]C(=O)OC(=O)[B]Cc2ccc(OC)cc2)cc1. The fraction of sp³-hybridized carbons (Fsp3) is 0.222. The smallest absolute Gasteiger partial charge is 0.266 e. The van der Waals surface area contributed by atoms with Crippen molar-refractivity contribution in [3.8, 4) is 11.5 Å². The van der Waals surface area contributed by atoms with E-state index in [9.17, 15) is 9.59 Å². The normalized spacial score (nSPS) is 9.84. The second-order valence-electron chi connectivity index (χ2n) is 5.25. The zero-order valence-electron chi connectivity index (χ0n) is 14.2. The van der Waals surface area contributed by atoms with E-state index < -0.39 is 11.7 Å². The largest absolute Gasteiger partial charge is 0.497 e. The van der Waals surface area contributed by atoms with Gasteiger partial charge in [0.15, 0.2) is 0 Å². The fourth-order valence-corrected chi connectivity index (χ4v) is 2.11. The zero-order chi connectivity index (χ0) is 18.1. The van der Waals surface area contributed by atoms with E-state index >= 15 is 0 Å². The fourth-order valence-electron chi connectivity index (χ4n) is 2.11. The molecule has 5 nitrogen and oxygen atoms in total. The van der Waals surface area contributed by atoms with Crippen molar-refractivity contribution in [3.05, 3.63) is 59.7 Å². The first-order chi connectivity index (χ1) is 12.1. The molecule has 0 atom stereocenters. The molecule has 2 rings (SSSR count). The standard InChI is InChI=1S/C18H18B2O5/c1-23-15-7-3-13(4-8-15)11-19-17(21)25-18(22)20-12-14-5-9-16(24-2)10-6-14/h3-10H,11-12H2,1-2H3. The third kappa shape index (κ3) is 6.37. The lowest BCUT2D eigenvalue weighted by molar-refractivity contribution is 0.183. The van der Waals surface area contributed by atoms with Gasteiger partial charge in [0.05, 0.1) is 14.2 Å². The number of carbonyl (C=O) groups is 2. The Hall–Kier alpha value is -2.69. The Kier molecular flexibility index (Phi) is 7.14. The maximum Gasteiger partial charge on any atom is 0.266 e. The van der Waals surface area contributed by atoms with Crippen LogP contribution in [-0.4, -0.2) is 40.5 Å². The van der Waals surface area contributed by atoms with Gasteiger partial charge in [0, 0.05) is 0 Å². The molecular weight excluding hydrogens is 318 g/mol. The van der Waals surface area contributed by atoms with E-state index in [0.29, 0.717) is 12.6 Å². The molecule has 0 N–H and O–H groups in total. The molecule has 0 saturated heterocycles. The Labute approximate surface area is 148 Å². The summed E-state index contributed by atoms with van der Waals surface area (Å²) in [5, 5.41) is 0. The van der Waals surface area contributed by atoms with Crippen LogP contribution in [0.25, 0.3) is 0 Å². The predicted molar refractivity (Wildman–Crippen MR) is 96.8 cm³/mol. The van der Waals surface area contributed by atoms with Gasteiger partial charge < -0.3 is 14.2 Å². The van der Waals surface area contributed by atoms with Gasteiger partial charge in [-0.05, 0) is 36.9 Å². The Morgan fingerprint density at radius 2 is 1.08 bits per heavy atom. The van der Waals surface area contributed by atoms with E-state index in [0.717, 1.165) is 22.6 Å². The molecule has 2 aromatic rings. The number of rotatable bonds is 8. The van der Waals surface area contributed by atoms with Gasteiger partial charge in [0.25, 0.3) is 26.3 Å². The van der Waals surface area contributed by atoms with E-state index in [1.165, 1.54) is 14.6 Å². The summed E-state index contributed by atoms with van der Waals surface area (Å²) in [6.07, 6.45) is 0.767. The molecule has 0 aromatic heterocycles. The molecule has 0 aliphatic carbocycles. The van der Waals surface area contributed by atoms with Crippen molar-refractivity contribution in [1.82, 2.24) is 0 Å². The van der Waals surface area contributed by atoms with Crippen LogP contribution in [0.15, 0.2) is 48.5 Å². The van der Waals surface area contributed by atoms with Crippen LogP contribution in [0.1, 0.15) is 11.1 Å². The lowest BCUT2D eigenvalue weighted by Gasteiger charge is -2.04. The third-order valence-corrected chi connectivity index (χ3v) is 3.53. The molecule has 0 bridgehead atoms. The van der Waals surface area contributed by atoms with Gasteiger partial charge in [-0.2, -0.15) is 0 Å². The molecule has 2 aromatic carbocycles. The number of hydrogen-bond donors (Lipinski definition) is 0. The highest BCUT2D eigenvalue weighted by Crippen LogP contribution is 2.12. The molecule has 0 amide bonds. The van der Waals surface area contributed by atoms with Crippen molar-refractivity contribution in [2.75, 3.05) is 14.2 Å². The minimum absolute atomic E-state index is 0.384. The molecule has 2 radical (unpaired) electrons. The molecule has 0 saturated carbocycles. The first-order valence-corrected chi connectivity index (χ1v) is 7.78. The molecular formula is C18H18B2O5. The van der Waals surface area contributed by atoms with Crippen molar-refractivity contribution in [2.45, 2.75) is 12.6 Å². The quantitative estimate of drug-likeness (QED) is 0.548. The summed E-state index contributed by atoms with van der Waals surface area (Å²) in [6.45, 7) is 0. The lowest BCUT2D eigenvalue weighted by atomic mass is 9.70. The number of hydrogen-bond acceptors (Lipinski definition) is 5. The number of carbonyl (C=O) groups excluding carboxylic acids is 2. The number of methoxy groups -OCH3 is 2. The number of ether oxygens (including phenoxy) is 3. The summed E-state index contributed by atoms with van der Waals surface area (Å²) in [4.78, 5) is 23.4. The van der Waals surface area contributed by atoms with Crippen molar-refractivity contribution >= 4 is 26.3 Å². The van der Waals surface area contributed by atoms with Crippen molar-refractivity contribution in [2.24, 2.45) is 0 Å². The van der Waals surface area contributed by atoms with Gasteiger partial charge in [0.2, 0.25) is 0 Å². The van der Waals surface area contributed by atoms with Crippen molar-refractivity contribution in [1.29, 1.82) is 0 Å². The van der Waals surface area contributed by atoms with Gasteiger partial charge in [-0.15, -0.1) is 0 Å². The average Bonchev–Trinajstić information content (AvgIpc) is 2.65. The molecule has 0 heterocycles. The minimum atomic E-state index is -0.660. The van der Waals surface area contributed by atoms with Gasteiger partial charge in [-0.25, -0.2) is 0 Å². The van der Waals surface area contributed by atoms with E-state index in [-0.39, 0.29) is 0 Å². The lowest BCUT2D eigenvalue weighted by Crippen LogP contribution is -2.22. The maximum atomic E-state index is 11.7. The van der Waals surface area contributed by atoms with Crippen LogP contribution in [0.5, 0.6) is 11.5 Å². The zero-order valence-corrected chi connectivity index (χ0v) is 14.2. The van der Waals surface area contributed by atoms with Crippen LogP contribution in [-0.2, 0) is 17.4 Å². The molecule has 0 fully saturated rings. The monoisotopic (exact) mass is 336 g/mol. The van der Waals surface area contributed by atoms with E-state index in [2.05, 4.69) is 0 Å². The van der Waals surface area contributed by atoms with Gasteiger partial charge in [-0.1, -0.05) is 35.4 Å². The second kappa shape index (κ2) is 9.57. The highest BCUT2D eigenvalue weighted by molar-refractivity contribution is 6.77. The van der Waals surface area contributed by atoms with Crippen LogP contribution in [0, 0.1) is 0 Å². The highest BCUT2D eigenvalue weighted by Gasteiger charge is 2.13. The highest BCUT2D eigenvalue weighted by atomic mass is 16.6. The Morgan fingerprint density at radius 3 is 1.40 bits per heavy atom. The van der Waals surface area contributed by atoms with Crippen molar-refractivity contribution < 1.29 is 23.8 Å². The van der Waals surface area contributed by atoms with E-state index in [1.807, 2.05) is 48.5 Å². The summed E-state index contributed by atoms with van der Waals surface area (Å²) in [7, 11) is 5.85. The Balaban J connectivity index is 1.70. The molecule has 0 aliphatic heterocycles. The van der Waals surface area contributed by atoms with Crippen molar-refractivity contribution in [3.63, 3.8) is 0 Å². The van der Waals surface area contributed by atoms with E-state index in [1.54, 1.807) is 14.2 Å². The first kappa shape index (κ1) is 18.6. The van der Waals surface area contributed by atoms with E-state index in [4.69, 9.17) is 14.2 Å². The predicted octanol–water partition coefficient (Wildman–Crippen LogP) is 3.07. The topological polar surface area (TPSA) is 61.8 Å². The second-order valence-corrected chi connectivity index (χ2v) is 5.25. The summed E-state index contributed by atoms with van der Waals surface area (Å²) in [5.41, 5.74) is 1.85. The maximum absolute atomic E-state index is 11.7. The Morgan fingerprint density at radius 1 is 0.720 bits per heavy atom. The Bertz CT molecular complexity index is 637. The van der Waals surface area contributed by atoms with Crippen LogP contribution in [0.2, 0.25) is 0 Å². The summed E-state index contributed by atoms with van der Waals surface area (Å²) in [6, 6.07) is 14.6. The van der Waals surface area contributed by atoms with Crippen LogP contribution in [0.4, 0.5) is 9.59 Å². The first-order valence-electron chi connectivity index (χ1n) is 7.78. The molecule has 0 aliphatic rings. The molecule has 126 valence electrons. The van der Waals surface area contributed by atoms with Gasteiger partial charge in [0.1, 0.15) is 11.5 Å². The summed E-state index contributed by atoms with van der Waals surface area (Å²) < 4.78 is 14.9. The molecule has 0 unspecified atom stereocenters. The summed E-state index contributed by atoms with van der Waals surface area (Å²) >= 11 is 0. The average molecular weight is 336 g/mol. The summed E-state index contributed by atoms with van der Waals surface area (Å²) in [5.74, 6) is 0.169. The molecule has 25 heavy (non-hydrogen) atoms. The molecule has 7 heteroatoms. The van der Waals surface area contributed by atoms with Gasteiger partial charge >= 0.3 is 0 Å². The molecule has 0 spiro atoms. The third-order valence-electron chi connectivity index (χ3n) is 3.53. The minimum Gasteiger partial charge on any atom is -0.497 e. The number of benzene rings is 2. The van der Waals surface area contributed by atoms with Crippen LogP contribution in [0.3, 0.4) is 0 Å². The van der Waals surface area contributed by atoms with Crippen LogP contribution >= 0.6 is 0 Å². The van der Waals surface area contributed by atoms with Gasteiger partial charge in [-0.3, -0.25) is 9.59 Å². The van der Waals surface area contributed by atoms with Crippen LogP contribution < -0.4 is 9.47 Å².